The Morgan fingerprint density at radius 2 is 2.00 bits per heavy atom. The maximum Gasteiger partial charge on any atom is 0.226 e. The molecule has 4 rings (SSSR count). The third kappa shape index (κ3) is 3.18. The van der Waals surface area contributed by atoms with Gasteiger partial charge in [0.05, 0.1) is 6.20 Å². The molecule has 1 saturated carbocycles. The summed E-state index contributed by atoms with van der Waals surface area (Å²) >= 11 is 6.12. The number of anilines is 1. The quantitative estimate of drug-likeness (QED) is 0.844. The van der Waals surface area contributed by atoms with Crippen LogP contribution in [-0.4, -0.2) is 47.0 Å². The minimum absolute atomic E-state index is 0.0979. The van der Waals surface area contributed by atoms with Gasteiger partial charge in [-0.25, -0.2) is 9.37 Å². The number of amides is 1. The fourth-order valence-corrected chi connectivity index (χ4v) is 3.80. The topological polar surface area (TPSA) is 49.3 Å². The van der Waals surface area contributed by atoms with Gasteiger partial charge in [0.15, 0.2) is 0 Å². The van der Waals surface area contributed by atoms with Crippen molar-refractivity contribution in [2.75, 3.05) is 31.1 Å². The zero-order valence-electron chi connectivity index (χ0n) is 13.6. The van der Waals surface area contributed by atoms with Crippen LogP contribution in [0.2, 0.25) is 5.02 Å². The van der Waals surface area contributed by atoms with E-state index in [1.807, 2.05) is 4.90 Å². The van der Waals surface area contributed by atoms with Crippen LogP contribution in [0.5, 0.6) is 0 Å². The molecular weight excluding hydrogens is 343 g/mol. The van der Waals surface area contributed by atoms with Gasteiger partial charge in [-0.15, -0.1) is 0 Å². The van der Waals surface area contributed by atoms with E-state index in [9.17, 15) is 9.18 Å². The number of aromatic nitrogens is 2. The van der Waals surface area contributed by atoms with Crippen molar-refractivity contribution in [2.45, 2.75) is 12.3 Å². The molecule has 1 saturated heterocycles. The number of hydrogen-bond donors (Lipinski definition) is 0. The fraction of sp³-hybridized carbons (Fsp3) is 0.389. The average Bonchev–Trinajstić information content (AvgIpc) is 3.42. The molecule has 0 radical (unpaired) electrons. The lowest BCUT2D eigenvalue weighted by molar-refractivity contribution is -0.133. The lowest BCUT2D eigenvalue weighted by Crippen LogP contribution is -2.49. The van der Waals surface area contributed by atoms with E-state index in [4.69, 9.17) is 11.6 Å². The Bertz CT molecular complexity index is 760. The molecule has 0 spiro atoms. The standard InChI is InChI=1S/C18H18ClFN4O/c19-14-2-1-3-15(20)17(14)12-10-13(12)18(25)24-8-6-23(7-9-24)16-11-21-4-5-22-16/h1-5,11-13H,6-10H2/t12-,13-/m1/s1. The van der Waals surface area contributed by atoms with Crippen molar-refractivity contribution in [1.29, 1.82) is 0 Å². The second-order valence-electron chi connectivity index (χ2n) is 6.46. The van der Waals surface area contributed by atoms with Crippen LogP contribution < -0.4 is 4.90 Å². The number of carbonyl (C=O) groups excluding carboxylic acids is 1. The Hall–Kier alpha value is -2.21. The van der Waals surface area contributed by atoms with Gasteiger partial charge >= 0.3 is 0 Å². The third-order valence-corrected chi connectivity index (χ3v) is 5.27. The van der Waals surface area contributed by atoms with Gasteiger partial charge in [0.1, 0.15) is 11.6 Å². The predicted octanol–water partition coefficient (Wildman–Crippen LogP) is 2.72. The summed E-state index contributed by atoms with van der Waals surface area (Å²) in [7, 11) is 0. The van der Waals surface area contributed by atoms with Crippen LogP contribution in [0.1, 0.15) is 17.9 Å². The van der Waals surface area contributed by atoms with Crippen molar-refractivity contribution in [3.8, 4) is 0 Å². The Kier molecular flexibility index (Phi) is 4.29. The highest BCUT2D eigenvalue weighted by Crippen LogP contribution is 2.51. The molecule has 1 aliphatic carbocycles. The first-order valence-electron chi connectivity index (χ1n) is 8.39. The van der Waals surface area contributed by atoms with Crippen LogP contribution in [0.4, 0.5) is 10.2 Å². The van der Waals surface area contributed by atoms with Gasteiger partial charge in [-0.3, -0.25) is 9.78 Å². The molecule has 7 heteroatoms. The number of benzene rings is 1. The molecule has 0 bridgehead atoms. The summed E-state index contributed by atoms with van der Waals surface area (Å²) in [5, 5.41) is 0.410. The largest absolute Gasteiger partial charge is 0.352 e. The van der Waals surface area contributed by atoms with Gasteiger partial charge in [0.25, 0.3) is 0 Å². The van der Waals surface area contributed by atoms with E-state index < -0.39 is 0 Å². The Balaban J connectivity index is 1.38. The molecule has 5 nitrogen and oxygen atoms in total. The summed E-state index contributed by atoms with van der Waals surface area (Å²) in [6.07, 6.45) is 5.71. The summed E-state index contributed by atoms with van der Waals surface area (Å²) in [5.41, 5.74) is 0.487. The highest BCUT2D eigenvalue weighted by molar-refractivity contribution is 6.31. The number of rotatable bonds is 3. The molecule has 2 fully saturated rings. The number of halogens is 2. The summed E-state index contributed by atoms with van der Waals surface area (Å²) in [4.78, 5) is 25.1. The van der Waals surface area contributed by atoms with E-state index in [1.165, 1.54) is 6.07 Å². The number of carbonyl (C=O) groups is 1. The van der Waals surface area contributed by atoms with Crippen molar-refractivity contribution < 1.29 is 9.18 Å². The summed E-state index contributed by atoms with van der Waals surface area (Å²) in [5.74, 6) is 0.358. The average molecular weight is 361 g/mol. The molecule has 1 aromatic heterocycles. The van der Waals surface area contributed by atoms with Crippen molar-refractivity contribution in [3.63, 3.8) is 0 Å². The molecule has 2 heterocycles. The normalized spacial score (nSPS) is 22.8. The fourth-order valence-electron chi connectivity index (χ4n) is 3.50. The maximum absolute atomic E-state index is 14.0. The van der Waals surface area contributed by atoms with Crippen LogP contribution in [0.3, 0.4) is 0 Å². The second kappa shape index (κ2) is 6.59. The second-order valence-corrected chi connectivity index (χ2v) is 6.87. The molecule has 0 N–H and O–H groups in total. The highest BCUT2D eigenvalue weighted by atomic mass is 35.5. The van der Waals surface area contributed by atoms with E-state index in [1.54, 1.807) is 30.7 Å². The molecule has 130 valence electrons. The number of nitrogens with zero attached hydrogens (tertiary/aromatic N) is 4. The van der Waals surface area contributed by atoms with Crippen molar-refractivity contribution in [3.05, 3.63) is 53.2 Å². The van der Waals surface area contributed by atoms with Crippen LogP contribution >= 0.6 is 11.6 Å². The van der Waals surface area contributed by atoms with Crippen LogP contribution in [-0.2, 0) is 4.79 Å². The van der Waals surface area contributed by atoms with Crippen molar-refractivity contribution >= 4 is 23.3 Å². The molecule has 2 aliphatic rings. The van der Waals surface area contributed by atoms with Crippen molar-refractivity contribution in [1.82, 2.24) is 14.9 Å². The van der Waals surface area contributed by atoms with Crippen LogP contribution in [0.25, 0.3) is 0 Å². The van der Waals surface area contributed by atoms with Gasteiger partial charge < -0.3 is 9.80 Å². The zero-order chi connectivity index (χ0) is 17.4. The number of hydrogen-bond acceptors (Lipinski definition) is 4. The van der Waals surface area contributed by atoms with E-state index in [0.29, 0.717) is 30.1 Å². The van der Waals surface area contributed by atoms with E-state index >= 15 is 0 Å². The smallest absolute Gasteiger partial charge is 0.226 e. The van der Waals surface area contributed by atoms with Crippen molar-refractivity contribution in [2.24, 2.45) is 5.92 Å². The highest BCUT2D eigenvalue weighted by Gasteiger charge is 2.48. The Morgan fingerprint density at radius 3 is 2.68 bits per heavy atom. The van der Waals surface area contributed by atoms with E-state index in [-0.39, 0.29) is 23.6 Å². The Labute approximate surface area is 150 Å². The van der Waals surface area contributed by atoms with Gasteiger partial charge in [-0.05, 0) is 18.6 Å². The molecule has 0 unspecified atom stereocenters. The Morgan fingerprint density at radius 1 is 1.20 bits per heavy atom. The van der Waals surface area contributed by atoms with E-state index in [2.05, 4.69) is 14.9 Å². The maximum atomic E-state index is 14.0. The summed E-state index contributed by atoms with van der Waals surface area (Å²) in [6.45, 7) is 2.73. The molecule has 25 heavy (non-hydrogen) atoms. The third-order valence-electron chi connectivity index (χ3n) is 4.94. The first-order chi connectivity index (χ1) is 12.1. The molecule has 1 aliphatic heterocycles. The van der Waals surface area contributed by atoms with Gasteiger partial charge in [-0.1, -0.05) is 17.7 Å². The first kappa shape index (κ1) is 16.3. The minimum Gasteiger partial charge on any atom is -0.352 e. The van der Waals surface area contributed by atoms with E-state index in [0.717, 1.165) is 18.9 Å². The zero-order valence-corrected chi connectivity index (χ0v) is 14.4. The lowest BCUT2D eigenvalue weighted by Gasteiger charge is -2.35. The van der Waals surface area contributed by atoms with Gasteiger partial charge in [0, 0.05) is 61.0 Å². The monoisotopic (exact) mass is 360 g/mol. The molecule has 1 aromatic carbocycles. The van der Waals surface area contributed by atoms with Gasteiger partial charge in [-0.2, -0.15) is 0 Å². The van der Waals surface area contributed by atoms with Gasteiger partial charge in [0.2, 0.25) is 5.91 Å². The molecule has 2 atom stereocenters. The SMILES string of the molecule is O=C([C@@H]1C[C@H]1c1c(F)cccc1Cl)N1CCN(c2cnccn2)CC1. The van der Waals surface area contributed by atoms with Crippen LogP contribution in [0, 0.1) is 11.7 Å². The predicted molar refractivity (Wildman–Crippen MR) is 93.1 cm³/mol. The molecule has 1 amide bonds. The molecular formula is C18H18ClFN4O. The summed E-state index contributed by atoms with van der Waals surface area (Å²) < 4.78 is 14.0. The summed E-state index contributed by atoms with van der Waals surface area (Å²) in [6, 6.07) is 4.67. The minimum atomic E-state index is -0.319. The van der Waals surface area contributed by atoms with Crippen LogP contribution in [0.15, 0.2) is 36.8 Å². The number of piperazine rings is 1. The molecule has 2 aromatic rings. The first-order valence-corrected chi connectivity index (χ1v) is 8.76. The lowest BCUT2D eigenvalue weighted by atomic mass is 10.1.